The zero-order valence-electron chi connectivity index (χ0n) is 14.5. The molecule has 4 heterocycles. The summed E-state index contributed by atoms with van der Waals surface area (Å²) in [5.41, 5.74) is -0.140. The normalized spacial score (nSPS) is 17.8. The molecule has 0 unspecified atom stereocenters. The number of carboxylic acid groups (broad SMARTS) is 1. The maximum atomic E-state index is 13.0. The van der Waals surface area contributed by atoms with Crippen molar-refractivity contribution in [2.75, 3.05) is 18.0 Å². The minimum Gasteiger partial charge on any atom is -0.481 e. The van der Waals surface area contributed by atoms with Crippen LogP contribution in [0.5, 0.6) is 0 Å². The fourth-order valence-corrected chi connectivity index (χ4v) is 3.25. The SMILES string of the molecule is O=C(O)[C@@H]1CCCN(c2cc(-c3cnc4ccc(C(F)(F)F)nn34)ncn2)C1. The molecule has 0 bridgehead atoms. The molecule has 1 saturated heterocycles. The highest BCUT2D eigenvalue weighted by Crippen LogP contribution is 2.29. The Morgan fingerprint density at radius 2 is 2.04 bits per heavy atom. The van der Waals surface area contributed by atoms with Crippen molar-refractivity contribution in [3.8, 4) is 11.4 Å². The lowest BCUT2D eigenvalue weighted by Crippen LogP contribution is -2.39. The van der Waals surface area contributed by atoms with Crippen LogP contribution >= 0.6 is 0 Å². The molecule has 28 heavy (non-hydrogen) atoms. The van der Waals surface area contributed by atoms with Crippen molar-refractivity contribution in [1.82, 2.24) is 24.6 Å². The van der Waals surface area contributed by atoms with E-state index < -0.39 is 23.8 Å². The third kappa shape index (κ3) is 3.35. The molecule has 1 N–H and O–H groups in total. The largest absolute Gasteiger partial charge is 0.481 e. The minimum atomic E-state index is -4.58. The summed E-state index contributed by atoms with van der Waals surface area (Å²) in [5, 5.41) is 12.9. The van der Waals surface area contributed by atoms with Gasteiger partial charge in [-0.3, -0.25) is 4.79 Å². The van der Waals surface area contributed by atoms with Crippen LogP contribution in [0.4, 0.5) is 19.0 Å². The highest BCUT2D eigenvalue weighted by atomic mass is 19.4. The lowest BCUT2D eigenvalue weighted by Gasteiger charge is -2.31. The van der Waals surface area contributed by atoms with Crippen LogP contribution < -0.4 is 4.90 Å². The number of carboxylic acids is 1. The summed E-state index contributed by atoms with van der Waals surface area (Å²) in [5.74, 6) is -0.832. The molecular formula is C17H15F3N6O2. The Hall–Kier alpha value is -3.24. The molecular weight excluding hydrogens is 377 g/mol. The molecule has 0 amide bonds. The molecule has 0 saturated carbocycles. The molecule has 3 aromatic heterocycles. The predicted octanol–water partition coefficient (Wildman–Crippen LogP) is 2.51. The number of alkyl halides is 3. The predicted molar refractivity (Wildman–Crippen MR) is 91.6 cm³/mol. The van der Waals surface area contributed by atoms with Gasteiger partial charge in [0.15, 0.2) is 11.3 Å². The number of aliphatic carboxylic acids is 1. The van der Waals surface area contributed by atoms with Gasteiger partial charge in [0.25, 0.3) is 0 Å². The Balaban J connectivity index is 1.71. The maximum Gasteiger partial charge on any atom is 0.435 e. The molecule has 0 radical (unpaired) electrons. The van der Waals surface area contributed by atoms with Gasteiger partial charge in [0.2, 0.25) is 0 Å². The number of rotatable bonds is 3. The summed E-state index contributed by atoms with van der Waals surface area (Å²) >= 11 is 0. The second-order valence-corrected chi connectivity index (χ2v) is 6.51. The van der Waals surface area contributed by atoms with E-state index in [4.69, 9.17) is 0 Å². The van der Waals surface area contributed by atoms with Gasteiger partial charge in [-0.05, 0) is 25.0 Å². The van der Waals surface area contributed by atoms with Crippen molar-refractivity contribution in [1.29, 1.82) is 0 Å². The number of aromatic nitrogens is 5. The summed E-state index contributed by atoms with van der Waals surface area (Å²) in [6, 6.07) is 3.72. The maximum absolute atomic E-state index is 13.0. The van der Waals surface area contributed by atoms with Crippen molar-refractivity contribution < 1.29 is 23.1 Å². The first-order valence-electron chi connectivity index (χ1n) is 8.55. The Labute approximate surface area is 156 Å². The summed E-state index contributed by atoms with van der Waals surface area (Å²) in [4.78, 5) is 25.5. The molecule has 1 atom stereocenters. The molecule has 1 aliphatic rings. The number of piperidine rings is 1. The monoisotopic (exact) mass is 392 g/mol. The second kappa shape index (κ2) is 6.73. The van der Waals surface area contributed by atoms with E-state index in [0.717, 1.165) is 10.6 Å². The average molecular weight is 392 g/mol. The number of hydrogen-bond donors (Lipinski definition) is 1. The van der Waals surface area contributed by atoms with E-state index in [1.165, 1.54) is 18.6 Å². The summed E-state index contributed by atoms with van der Waals surface area (Å²) in [7, 11) is 0. The molecule has 0 aromatic carbocycles. The fraction of sp³-hybridized carbons (Fsp3) is 0.353. The lowest BCUT2D eigenvalue weighted by atomic mass is 9.98. The van der Waals surface area contributed by atoms with E-state index in [-0.39, 0.29) is 11.3 Å². The molecule has 1 fully saturated rings. The van der Waals surface area contributed by atoms with E-state index >= 15 is 0 Å². The Morgan fingerprint density at radius 3 is 2.79 bits per heavy atom. The first-order chi connectivity index (χ1) is 13.3. The first kappa shape index (κ1) is 18.1. The molecule has 146 valence electrons. The van der Waals surface area contributed by atoms with Crippen LogP contribution in [-0.4, -0.2) is 48.7 Å². The van der Waals surface area contributed by atoms with E-state index in [1.807, 2.05) is 4.90 Å². The molecule has 0 spiro atoms. The van der Waals surface area contributed by atoms with Crippen LogP contribution in [0.2, 0.25) is 0 Å². The zero-order chi connectivity index (χ0) is 19.9. The highest BCUT2D eigenvalue weighted by Gasteiger charge is 2.33. The number of imidazole rings is 1. The summed E-state index contributed by atoms with van der Waals surface area (Å²) < 4.78 is 40.1. The third-order valence-corrected chi connectivity index (χ3v) is 4.66. The number of halogens is 3. The van der Waals surface area contributed by atoms with Crippen molar-refractivity contribution in [2.24, 2.45) is 5.92 Å². The van der Waals surface area contributed by atoms with Crippen LogP contribution in [0.15, 0.2) is 30.7 Å². The number of nitrogens with zero attached hydrogens (tertiary/aromatic N) is 6. The van der Waals surface area contributed by atoms with Gasteiger partial charge in [-0.1, -0.05) is 0 Å². The van der Waals surface area contributed by atoms with Gasteiger partial charge in [-0.15, -0.1) is 0 Å². The van der Waals surface area contributed by atoms with Crippen molar-refractivity contribution >= 4 is 17.4 Å². The summed E-state index contributed by atoms with van der Waals surface area (Å²) in [6.07, 6.45) is -0.581. The van der Waals surface area contributed by atoms with Crippen LogP contribution in [0.25, 0.3) is 17.0 Å². The van der Waals surface area contributed by atoms with Crippen molar-refractivity contribution in [2.45, 2.75) is 19.0 Å². The van der Waals surface area contributed by atoms with Gasteiger partial charge in [0.1, 0.15) is 17.8 Å². The fourth-order valence-electron chi connectivity index (χ4n) is 3.25. The highest BCUT2D eigenvalue weighted by molar-refractivity contribution is 5.71. The molecule has 1 aliphatic heterocycles. The molecule has 4 rings (SSSR count). The molecule has 3 aromatic rings. The number of anilines is 1. The zero-order valence-corrected chi connectivity index (χ0v) is 14.5. The van der Waals surface area contributed by atoms with Gasteiger partial charge >= 0.3 is 12.1 Å². The Morgan fingerprint density at radius 1 is 1.21 bits per heavy atom. The van der Waals surface area contributed by atoms with E-state index in [1.54, 1.807) is 6.07 Å². The topological polar surface area (TPSA) is 96.5 Å². The second-order valence-electron chi connectivity index (χ2n) is 6.51. The van der Waals surface area contributed by atoms with E-state index in [9.17, 15) is 23.1 Å². The van der Waals surface area contributed by atoms with Crippen molar-refractivity contribution in [3.63, 3.8) is 0 Å². The van der Waals surface area contributed by atoms with E-state index in [2.05, 4.69) is 20.1 Å². The van der Waals surface area contributed by atoms with E-state index in [0.29, 0.717) is 37.4 Å². The van der Waals surface area contributed by atoms with Crippen molar-refractivity contribution in [3.05, 3.63) is 36.4 Å². The lowest BCUT2D eigenvalue weighted by molar-refractivity contribution is -0.142. The van der Waals surface area contributed by atoms with Gasteiger partial charge < -0.3 is 10.0 Å². The standard InChI is InChI=1S/C17H15F3N6O2/c18-17(19,20)13-3-4-14-21-7-12(26(14)24-13)11-6-15(23-9-22-11)25-5-1-2-10(8-25)16(27)28/h3-4,6-7,9-10H,1-2,5,8H2,(H,27,28)/t10-/m1/s1. The minimum absolute atomic E-state index is 0.257. The van der Waals surface area contributed by atoms with Crippen LogP contribution in [0.1, 0.15) is 18.5 Å². The molecule has 0 aliphatic carbocycles. The van der Waals surface area contributed by atoms with Gasteiger partial charge in [-0.2, -0.15) is 18.3 Å². The van der Waals surface area contributed by atoms with Gasteiger partial charge in [0, 0.05) is 19.2 Å². The number of hydrogen-bond acceptors (Lipinski definition) is 6. The quantitative estimate of drug-likeness (QED) is 0.732. The molecule has 11 heteroatoms. The number of fused-ring (bicyclic) bond motifs is 1. The molecule has 8 nitrogen and oxygen atoms in total. The van der Waals surface area contributed by atoms with Gasteiger partial charge in [0.05, 0.1) is 17.8 Å². The average Bonchev–Trinajstić information content (AvgIpc) is 3.11. The van der Waals surface area contributed by atoms with Crippen LogP contribution in [0, 0.1) is 5.92 Å². The van der Waals surface area contributed by atoms with Gasteiger partial charge in [-0.25, -0.2) is 19.5 Å². The summed E-state index contributed by atoms with van der Waals surface area (Å²) in [6.45, 7) is 0.958. The Bertz CT molecular complexity index is 1040. The van der Waals surface area contributed by atoms with Crippen LogP contribution in [0.3, 0.4) is 0 Å². The third-order valence-electron chi connectivity index (χ3n) is 4.66. The smallest absolute Gasteiger partial charge is 0.435 e. The number of carbonyl (C=O) groups is 1. The first-order valence-corrected chi connectivity index (χ1v) is 8.55. The Kier molecular flexibility index (Phi) is 4.36. The van der Waals surface area contributed by atoms with Crippen LogP contribution in [-0.2, 0) is 11.0 Å².